The third-order valence-corrected chi connectivity index (χ3v) is 5.03. The first kappa shape index (κ1) is 18.6. The van der Waals surface area contributed by atoms with Crippen molar-refractivity contribution in [3.63, 3.8) is 0 Å². The minimum absolute atomic E-state index is 0.0632. The summed E-state index contributed by atoms with van der Waals surface area (Å²) in [4.78, 5) is 16.5. The second-order valence-corrected chi connectivity index (χ2v) is 7.19. The van der Waals surface area contributed by atoms with E-state index in [9.17, 15) is 9.18 Å². The average molecular weight is 401 g/mol. The number of carbonyl (C=O) groups excluding carboxylic acids is 1. The smallest absolute Gasteiger partial charge is 0.257 e. The fraction of sp³-hybridized carbons (Fsp3) is 0.250. The van der Waals surface area contributed by atoms with Crippen molar-refractivity contribution >= 4 is 23.2 Å². The van der Waals surface area contributed by atoms with E-state index >= 15 is 0 Å². The van der Waals surface area contributed by atoms with Crippen molar-refractivity contribution in [2.24, 2.45) is 5.73 Å². The van der Waals surface area contributed by atoms with E-state index < -0.39 is 5.82 Å². The molecule has 0 radical (unpaired) electrons. The Morgan fingerprint density at radius 2 is 2.18 bits per heavy atom. The molecule has 8 heteroatoms. The number of hydrogen-bond donors (Lipinski definition) is 2. The number of hydrogen-bond acceptors (Lipinski definition) is 5. The van der Waals surface area contributed by atoms with Crippen LogP contribution in [0.1, 0.15) is 35.8 Å². The number of rotatable bonds is 4. The number of benzene rings is 2. The van der Waals surface area contributed by atoms with Gasteiger partial charge < -0.3 is 15.6 Å². The van der Waals surface area contributed by atoms with Gasteiger partial charge in [-0.15, -0.1) is 0 Å². The van der Waals surface area contributed by atoms with Crippen LogP contribution in [0.5, 0.6) is 0 Å². The van der Waals surface area contributed by atoms with Crippen LogP contribution in [0.2, 0.25) is 5.02 Å². The van der Waals surface area contributed by atoms with Crippen LogP contribution < -0.4 is 11.1 Å². The van der Waals surface area contributed by atoms with E-state index in [1.54, 1.807) is 0 Å². The van der Waals surface area contributed by atoms with Gasteiger partial charge in [-0.25, -0.2) is 4.39 Å². The maximum atomic E-state index is 13.2. The summed E-state index contributed by atoms with van der Waals surface area (Å²) >= 11 is 5.71. The summed E-state index contributed by atoms with van der Waals surface area (Å²) in [5.74, 6) is -0.287. The number of amides is 1. The van der Waals surface area contributed by atoms with E-state index in [4.69, 9.17) is 21.9 Å². The van der Waals surface area contributed by atoms with Crippen molar-refractivity contribution in [3.8, 4) is 11.5 Å². The molecule has 3 N–H and O–H groups in total. The molecule has 0 aliphatic heterocycles. The highest BCUT2D eigenvalue weighted by atomic mass is 35.5. The van der Waals surface area contributed by atoms with Gasteiger partial charge >= 0.3 is 0 Å². The van der Waals surface area contributed by atoms with Gasteiger partial charge in [0.25, 0.3) is 5.89 Å². The maximum absolute atomic E-state index is 13.2. The second-order valence-electron chi connectivity index (χ2n) is 6.78. The SMILES string of the molecule is NC1CCCc2cc(-c3nc(CC(=O)Nc4ccc(F)c(Cl)c4)no3)ccc21. The number of fused-ring (bicyclic) bond motifs is 1. The van der Waals surface area contributed by atoms with Crippen LogP contribution in [0.4, 0.5) is 10.1 Å². The molecule has 1 aromatic heterocycles. The van der Waals surface area contributed by atoms with Crippen LogP contribution in [0.15, 0.2) is 40.9 Å². The highest BCUT2D eigenvalue weighted by Crippen LogP contribution is 2.31. The van der Waals surface area contributed by atoms with E-state index in [0.717, 1.165) is 30.4 Å². The molecule has 0 fully saturated rings. The van der Waals surface area contributed by atoms with Gasteiger partial charge in [-0.1, -0.05) is 22.8 Å². The van der Waals surface area contributed by atoms with Gasteiger partial charge in [0.05, 0.1) is 11.4 Å². The van der Waals surface area contributed by atoms with Crippen molar-refractivity contribution in [1.29, 1.82) is 0 Å². The van der Waals surface area contributed by atoms with Crippen LogP contribution in [-0.2, 0) is 17.6 Å². The summed E-state index contributed by atoms with van der Waals surface area (Å²) in [7, 11) is 0. The lowest BCUT2D eigenvalue weighted by Crippen LogP contribution is -2.17. The molecule has 0 bridgehead atoms. The van der Waals surface area contributed by atoms with Crippen LogP contribution in [0, 0.1) is 5.82 Å². The highest BCUT2D eigenvalue weighted by molar-refractivity contribution is 6.31. The molecule has 6 nitrogen and oxygen atoms in total. The van der Waals surface area contributed by atoms with Crippen LogP contribution >= 0.6 is 11.6 Å². The largest absolute Gasteiger partial charge is 0.334 e. The normalized spacial score (nSPS) is 15.9. The molecule has 1 unspecified atom stereocenters. The Kier molecular flexibility index (Phi) is 5.11. The Balaban J connectivity index is 1.45. The average Bonchev–Trinajstić information content (AvgIpc) is 3.13. The monoisotopic (exact) mass is 400 g/mol. The molecule has 1 heterocycles. The summed E-state index contributed by atoms with van der Waals surface area (Å²) in [5.41, 5.74) is 9.70. The van der Waals surface area contributed by atoms with Gasteiger partial charge in [0.15, 0.2) is 5.82 Å². The minimum atomic E-state index is -0.548. The Morgan fingerprint density at radius 3 is 3.00 bits per heavy atom. The molecule has 0 saturated heterocycles. The minimum Gasteiger partial charge on any atom is -0.334 e. The number of nitrogens with two attached hydrogens (primary N) is 1. The Labute approximate surface area is 165 Å². The zero-order valence-corrected chi connectivity index (χ0v) is 15.7. The summed E-state index contributed by atoms with van der Waals surface area (Å²) in [6.45, 7) is 0. The summed E-state index contributed by atoms with van der Waals surface area (Å²) in [5, 5.41) is 6.44. The van der Waals surface area contributed by atoms with Gasteiger partial charge in [0.1, 0.15) is 5.82 Å². The summed E-state index contributed by atoms with van der Waals surface area (Å²) < 4.78 is 18.5. The number of nitrogens with zero attached hydrogens (tertiary/aromatic N) is 2. The Bertz CT molecular complexity index is 1040. The lowest BCUT2D eigenvalue weighted by molar-refractivity contribution is -0.115. The van der Waals surface area contributed by atoms with Crippen LogP contribution in [0.25, 0.3) is 11.5 Å². The second kappa shape index (κ2) is 7.69. The van der Waals surface area contributed by atoms with E-state index in [1.807, 2.05) is 18.2 Å². The zero-order chi connectivity index (χ0) is 19.7. The predicted molar refractivity (Wildman–Crippen MR) is 103 cm³/mol. The van der Waals surface area contributed by atoms with Gasteiger partial charge in [-0.05, 0) is 60.7 Å². The van der Waals surface area contributed by atoms with E-state index in [0.29, 0.717) is 11.6 Å². The fourth-order valence-electron chi connectivity index (χ4n) is 3.35. The zero-order valence-electron chi connectivity index (χ0n) is 14.9. The molecule has 1 amide bonds. The van der Waals surface area contributed by atoms with Crippen molar-refractivity contribution in [1.82, 2.24) is 10.1 Å². The maximum Gasteiger partial charge on any atom is 0.257 e. The molecule has 2 aromatic carbocycles. The molecule has 1 aliphatic rings. The highest BCUT2D eigenvalue weighted by Gasteiger charge is 2.19. The molecule has 4 rings (SSSR count). The van der Waals surface area contributed by atoms with E-state index in [1.165, 1.54) is 23.8 Å². The first-order valence-corrected chi connectivity index (χ1v) is 9.33. The number of carbonyl (C=O) groups is 1. The molecule has 3 aromatic rings. The fourth-order valence-corrected chi connectivity index (χ4v) is 3.53. The van der Waals surface area contributed by atoms with Gasteiger partial charge in [0.2, 0.25) is 5.91 Å². The van der Waals surface area contributed by atoms with Crippen molar-refractivity contribution in [3.05, 3.63) is 64.2 Å². The number of aromatic nitrogens is 2. The van der Waals surface area contributed by atoms with Crippen molar-refractivity contribution in [2.45, 2.75) is 31.7 Å². The summed E-state index contributed by atoms with van der Waals surface area (Å²) in [6.07, 6.45) is 2.94. The van der Waals surface area contributed by atoms with Gasteiger partial charge in [0, 0.05) is 17.3 Å². The molecule has 28 heavy (non-hydrogen) atoms. The number of halogens is 2. The lowest BCUT2D eigenvalue weighted by atomic mass is 9.87. The number of aryl methyl sites for hydroxylation is 1. The first-order valence-electron chi connectivity index (χ1n) is 8.96. The third kappa shape index (κ3) is 3.90. The molecular weight excluding hydrogens is 383 g/mol. The molecule has 144 valence electrons. The Morgan fingerprint density at radius 1 is 1.32 bits per heavy atom. The van der Waals surface area contributed by atoms with E-state index in [-0.39, 0.29) is 29.2 Å². The van der Waals surface area contributed by atoms with Crippen molar-refractivity contribution in [2.75, 3.05) is 5.32 Å². The lowest BCUT2D eigenvalue weighted by Gasteiger charge is -2.22. The quantitative estimate of drug-likeness (QED) is 0.689. The molecule has 0 saturated carbocycles. The third-order valence-electron chi connectivity index (χ3n) is 4.74. The number of anilines is 1. The topological polar surface area (TPSA) is 94.0 Å². The molecule has 1 atom stereocenters. The van der Waals surface area contributed by atoms with Crippen LogP contribution in [0.3, 0.4) is 0 Å². The standard InChI is InChI=1S/C20H18ClFN4O2/c21-15-9-13(5-7-16(15)22)24-19(27)10-18-25-20(28-26-18)12-4-6-14-11(8-12)2-1-3-17(14)23/h4-9,17H,1-3,10,23H2,(H,24,27). The van der Waals surface area contributed by atoms with Crippen molar-refractivity contribution < 1.29 is 13.7 Å². The van der Waals surface area contributed by atoms with Gasteiger partial charge in [-0.3, -0.25) is 4.79 Å². The van der Waals surface area contributed by atoms with E-state index in [2.05, 4.69) is 15.5 Å². The predicted octanol–water partition coefficient (Wildman–Crippen LogP) is 4.05. The molecule has 0 spiro atoms. The molecular formula is C20H18ClFN4O2. The molecule has 1 aliphatic carbocycles. The van der Waals surface area contributed by atoms with Crippen LogP contribution in [-0.4, -0.2) is 16.0 Å². The number of nitrogens with one attached hydrogen (secondary N) is 1. The first-order chi connectivity index (χ1) is 13.5. The van der Waals surface area contributed by atoms with Gasteiger partial charge in [-0.2, -0.15) is 4.98 Å². The summed E-state index contributed by atoms with van der Waals surface area (Å²) in [6, 6.07) is 9.95. The Hall–Kier alpha value is -2.77.